The van der Waals surface area contributed by atoms with Gasteiger partial charge in [-0.2, -0.15) is 0 Å². The molecule has 0 bridgehead atoms. The van der Waals surface area contributed by atoms with Gasteiger partial charge in [0.15, 0.2) is 0 Å². The molecule has 4 aromatic rings. The zero-order valence-corrected chi connectivity index (χ0v) is 14.5. The molecule has 0 radical (unpaired) electrons. The fourth-order valence-corrected chi connectivity index (χ4v) is 3.82. The van der Waals surface area contributed by atoms with Gasteiger partial charge in [-0.05, 0) is 24.3 Å². The van der Waals surface area contributed by atoms with E-state index in [0.717, 1.165) is 21.8 Å². The highest BCUT2D eigenvalue weighted by Gasteiger charge is 2.26. The number of rotatable bonds is 2. The van der Waals surface area contributed by atoms with Crippen molar-refractivity contribution in [3.8, 4) is 0 Å². The van der Waals surface area contributed by atoms with Crippen LogP contribution in [0.2, 0.25) is 0 Å². The van der Waals surface area contributed by atoms with Gasteiger partial charge in [-0.15, -0.1) is 0 Å². The number of hydrogen-bond acceptors (Lipinski definition) is 2. The largest absolute Gasteiger partial charge is 0.478 e. The highest BCUT2D eigenvalue weighted by atomic mass is 16.4. The predicted octanol–water partition coefficient (Wildman–Crippen LogP) is 4.21. The highest BCUT2D eigenvalue weighted by molar-refractivity contribution is 6.29. The van der Waals surface area contributed by atoms with Crippen molar-refractivity contribution >= 4 is 57.0 Å². The maximum Gasteiger partial charge on any atom is 0.337 e. The number of para-hydroxylation sites is 2. The van der Waals surface area contributed by atoms with Gasteiger partial charge in [0.25, 0.3) is 0 Å². The van der Waals surface area contributed by atoms with Gasteiger partial charge in [0.2, 0.25) is 0 Å². The Morgan fingerprint density at radius 3 is 1.43 bits per heavy atom. The van der Waals surface area contributed by atoms with Crippen molar-refractivity contribution in [2.45, 2.75) is 0 Å². The van der Waals surface area contributed by atoms with Crippen molar-refractivity contribution in [1.82, 2.24) is 9.97 Å². The summed E-state index contributed by atoms with van der Waals surface area (Å²) < 4.78 is 0. The number of aliphatic carboxylic acids is 2. The number of carbonyl (C=O) groups is 2. The first-order chi connectivity index (χ1) is 13.5. The van der Waals surface area contributed by atoms with Crippen LogP contribution in [0.25, 0.3) is 45.1 Å². The second-order valence-corrected chi connectivity index (χ2v) is 6.64. The summed E-state index contributed by atoms with van der Waals surface area (Å²) in [4.78, 5) is 30.5. The van der Waals surface area contributed by atoms with Crippen LogP contribution >= 0.6 is 0 Å². The van der Waals surface area contributed by atoms with E-state index in [2.05, 4.69) is 9.97 Å². The number of hydrogen-bond donors (Lipinski definition) is 4. The monoisotopic (exact) mass is 370 g/mol. The Morgan fingerprint density at radius 2 is 1.04 bits per heavy atom. The lowest BCUT2D eigenvalue weighted by molar-refractivity contribution is -0.131. The summed E-state index contributed by atoms with van der Waals surface area (Å²) in [5.41, 5.74) is 3.53. The molecule has 0 saturated heterocycles. The Morgan fingerprint density at radius 1 is 0.643 bits per heavy atom. The number of nitrogens with one attached hydrogen (secondary N) is 2. The highest BCUT2D eigenvalue weighted by Crippen LogP contribution is 2.38. The minimum Gasteiger partial charge on any atom is -0.478 e. The van der Waals surface area contributed by atoms with Crippen molar-refractivity contribution < 1.29 is 19.8 Å². The summed E-state index contributed by atoms with van der Waals surface area (Å²) in [6.45, 7) is 0. The lowest BCUT2D eigenvalue weighted by Gasteiger charge is -2.10. The molecule has 0 saturated carbocycles. The lowest BCUT2D eigenvalue weighted by Crippen LogP contribution is -2.07. The lowest BCUT2D eigenvalue weighted by atomic mass is 9.94. The van der Waals surface area contributed by atoms with Crippen molar-refractivity contribution in [3.05, 3.63) is 71.0 Å². The molecule has 0 spiro atoms. The maximum atomic E-state index is 12.1. The third-order valence-corrected chi connectivity index (χ3v) is 5.07. The van der Waals surface area contributed by atoms with Crippen LogP contribution < -0.4 is 0 Å². The van der Waals surface area contributed by atoms with Crippen molar-refractivity contribution in [1.29, 1.82) is 0 Å². The molecule has 1 aliphatic carbocycles. The van der Waals surface area contributed by atoms with E-state index in [0.29, 0.717) is 22.5 Å². The summed E-state index contributed by atoms with van der Waals surface area (Å²) in [6, 6.07) is 14.7. The summed E-state index contributed by atoms with van der Waals surface area (Å²) in [6.07, 6.45) is 3.08. The summed E-state index contributed by atoms with van der Waals surface area (Å²) >= 11 is 0. The molecule has 6 heteroatoms. The van der Waals surface area contributed by atoms with E-state index in [-0.39, 0.29) is 11.1 Å². The molecule has 2 heterocycles. The summed E-state index contributed by atoms with van der Waals surface area (Å²) in [7, 11) is 0. The number of benzene rings is 2. The van der Waals surface area contributed by atoms with Crippen molar-refractivity contribution in [2.24, 2.45) is 0 Å². The van der Waals surface area contributed by atoms with Gasteiger partial charge >= 0.3 is 11.9 Å². The van der Waals surface area contributed by atoms with Crippen LogP contribution in [-0.2, 0) is 9.59 Å². The van der Waals surface area contributed by atoms with Crippen molar-refractivity contribution in [2.75, 3.05) is 0 Å². The zero-order valence-electron chi connectivity index (χ0n) is 14.5. The number of carboxylic acids is 2. The minimum atomic E-state index is -1.09. The van der Waals surface area contributed by atoms with E-state index in [1.54, 1.807) is 12.2 Å². The molecule has 0 unspecified atom stereocenters. The van der Waals surface area contributed by atoms with Gasteiger partial charge in [0.05, 0.1) is 22.5 Å². The van der Waals surface area contributed by atoms with Gasteiger partial charge in [-0.3, -0.25) is 0 Å². The van der Waals surface area contributed by atoms with Crippen LogP contribution in [0.3, 0.4) is 0 Å². The second kappa shape index (κ2) is 5.72. The average Bonchev–Trinajstić information content (AvgIpc) is 3.19. The SMILES string of the molecule is O=C(O)/C1=C/c2c([nH]c3ccccc23)/C(C(=O)O)=C\c2c1[nH]c1ccccc21. The summed E-state index contributed by atoms with van der Waals surface area (Å²) in [5.74, 6) is -2.17. The molecule has 0 fully saturated rings. The molecule has 2 aromatic heterocycles. The number of fused-ring (bicyclic) bond motifs is 6. The molecular formula is C22H14N2O4. The van der Waals surface area contributed by atoms with Crippen LogP contribution in [0.1, 0.15) is 22.5 Å². The Hall–Kier alpha value is -4.06. The average molecular weight is 370 g/mol. The molecule has 28 heavy (non-hydrogen) atoms. The van der Waals surface area contributed by atoms with E-state index in [1.807, 2.05) is 48.5 Å². The molecule has 0 aliphatic heterocycles. The first kappa shape index (κ1) is 16.1. The fourth-order valence-electron chi connectivity index (χ4n) is 3.82. The van der Waals surface area contributed by atoms with Crippen LogP contribution in [0.15, 0.2) is 48.5 Å². The molecule has 4 N–H and O–H groups in total. The van der Waals surface area contributed by atoms with Gasteiger partial charge in [-0.1, -0.05) is 36.4 Å². The van der Waals surface area contributed by atoms with Crippen LogP contribution in [0.4, 0.5) is 0 Å². The number of aromatic amines is 2. The molecular weight excluding hydrogens is 356 g/mol. The predicted molar refractivity (Wildman–Crippen MR) is 108 cm³/mol. The molecule has 0 atom stereocenters. The quantitative estimate of drug-likeness (QED) is 0.424. The van der Waals surface area contributed by atoms with E-state index >= 15 is 0 Å². The Balaban J connectivity index is 1.96. The van der Waals surface area contributed by atoms with E-state index < -0.39 is 11.9 Å². The summed E-state index contributed by atoms with van der Waals surface area (Å²) in [5, 5.41) is 21.3. The first-order valence-corrected chi connectivity index (χ1v) is 8.66. The van der Waals surface area contributed by atoms with Crippen molar-refractivity contribution in [3.63, 3.8) is 0 Å². The zero-order chi connectivity index (χ0) is 19.4. The normalized spacial score (nSPS) is 17.0. The van der Waals surface area contributed by atoms with Gasteiger partial charge < -0.3 is 20.2 Å². The third-order valence-electron chi connectivity index (χ3n) is 5.07. The topological polar surface area (TPSA) is 106 Å². The minimum absolute atomic E-state index is 0.0814. The second-order valence-electron chi connectivity index (χ2n) is 6.64. The Kier molecular flexibility index (Phi) is 3.30. The van der Waals surface area contributed by atoms with E-state index in [1.165, 1.54) is 0 Å². The number of H-pyrrole nitrogens is 2. The fraction of sp³-hybridized carbons (Fsp3) is 0. The standard InChI is InChI=1S/C22H14N2O4/c25-21(26)15-9-13-11-5-1-3-7-17(11)23-19(13)16(22(27)28)10-14-12-6-2-4-8-18(12)24-20(14)15/h1-10,23-24H,(H,25,26)(H,27,28)/b13-9?,14-10?,15-9+,16-10+,19-16?,20-15?. The Labute approximate surface area is 158 Å². The van der Waals surface area contributed by atoms with Gasteiger partial charge in [0.1, 0.15) is 0 Å². The third kappa shape index (κ3) is 2.21. The molecule has 136 valence electrons. The molecule has 0 amide bonds. The van der Waals surface area contributed by atoms with Crippen LogP contribution in [-0.4, -0.2) is 32.1 Å². The van der Waals surface area contributed by atoms with Crippen LogP contribution in [0, 0.1) is 0 Å². The molecule has 5 rings (SSSR count). The smallest absolute Gasteiger partial charge is 0.337 e. The maximum absolute atomic E-state index is 12.1. The van der Waals surface area contributed by atoms with Gasteiger partial charge in [-0.25, -0.2) is 9.59 Å². The molecule has 2 aromatic carbocycles. The van der Waals surface area contributed by atoms with E-state index in [9.17, 15) is 19.8 Å². The first-order valence-electron chi connectivity index (χ1n) is 8.66. The number of carboxylic acid groups (broad SMARTS) is 2. The molecule has 1 aliphatic rings. The van der Waals surface area contributed by atoms with Crippen LogP contribution in [0.5, 0.6) is 0 Å². The number of aromatic nitrogens is 2. The van der Waals surface area contributed by atoms with Gasteiger partial charge in [0, 0.05) is 32.9 Å². The molecule has 6 nitrogen and oxygen atoms in total. The Bertz CT molecular complexity index is 1260. The van der Waals surface area contributed by atoms with E-state index in [4.69, 9.17) is 0 Å².